The Morgan fingerprint density at radius 1 is 1.47 bits per heavy atom. The van der Waals surface area contributed by atoms with Crippen molar-refractivity contribution in [2.45, 2.75) is 31.6 Å². The van der Waals surface area contributed by atoms with Crippen LogP contribution in [0.5, 0.6) is 0 Å². The minimum atomic E-state index is -2.97. The molecule has 0 aromatic carbocycles. The molecule has 1 fully saturated rings. The number of hydrogen-bond acceptors (Lipinski definition) is 4. The van der Waals surface area contributed by atoms with Gasteiger partial charge in [0, 0.05) is 0 Å². The van der Waals surface area contributed by atoms with E-state index in [0.717, 1.165) is 0 Å². The molecule has 84 valence electrons. The van der Waals surface area contributed by atoms with Gasteiger partial charge < -0.3 is 0 Å². The van der Waals surface area contributed by atoms with Gasteiger partial charge in [-0.2, -0.15) is 0 Å². The molecule has 0 spiro atoms. The summed E-state index contributed by atoms with van der Waals surface area (Å²) in [6.45, 7) is 3.49. The van der Waals surface area contributed by atoms with Gasteiger partial charge in [-0.25, -0.2) is 8.42 Å². The van der Waals surface area contributed by atoms with E-state index >= 15 is 0 Å². The van der Waals surface area contributed by atoms with E-state index in [4.69, 9.17) is 11.6 Å². The van der Waals surface area contributed by atoms with E-state index < -0.39 is 15.1 Å². The lowest BCUT2D eigenvalue weighted by Gasteiger charge is -2.17. The van der Waals surface area contributed by atoms with Crippen molar-refractivity contribution in [3.63, 3.8) is 0 Å². The van der Waals surface area contributed by atoms with Gasteiger partial charge in [-0.3, -0.25) is 4.57 Å². The molecule has 5 nitrogen and oxygen atoms in total. The second kappa shape index (κ2) is 3.45. The molecule has 0 amide bonds. The molecular weight excluding hydrogens is 238 g/mol. The Kier molecular flexibility index (Phi) is 2.50. The van der Waals surface area contributed by atoms with Gasteiger partial charge in [0.25, 0.3) is 0 Å². The van der Waals surface area contributed by atoms with Gasteiger partial charge in [0.2, 0.25) is 5.28 Å². The third kappa shape index (κ3) is 1.65. The largest absolute Gasteiger partial charge is 0.298 e. The van der Waals surface area contributed by atoms with Crippen LogP contribution in [-0.4, -0.2) is 34.2 Å². The summed E-state index contributed by atoms with van der Waals surface area (Å²) in [5.41, 5.74) is 0. The van der Waals surface area contributed by atoms with E-state index in [1.165, 1.54) is 0 Å². The van der Waals surface area contributed by atoms with E-state index in [0.29, 0.717) is 12.2 Å². The lowest BCUT2D eigenvalue weighted by atomic mass is 10.2. The van der Waals surface area contributed by atoms with Crippen molar-refractivity contribution in [2.24, 2.45) is 0 Å². The molecule has 2 rings (SSSR count). The number of aromatic nitrogens is 3. The van der Waals surface area contributed by atoms with E-state index in [1.807, 2.05) is 0 Å². The van der Waals surface area contributed by atoms with E-state index in [2.05, 4.69) is 10.2 Å². The average molecular weight is 250 g/mol. The summed E-state index contributed by atoms with van der Waals surface area (Å²) >= 11 is 5.88. The zero-order chi connectivity index (χ0) is 11.2. The van der Waals surface area contributed by atoms with Crippen LogP contribution in [0.1, 0.15) is 25.2 Å². The fourth-order valence-corrected chi connectivity index (χ4v) is 3.97. The SMILES string of the molecule is Cc1nnc(Cl)n1C1CCS(=O)(=O)C1C. The number of sulfone groups is 1. The van der Waals surface area contributed by atoms with Crippen molar-refractivity contribution in [3.8, 4) is 0 Å². The fourth-order valence-electron chi connectivity index (χ4n) is 2.00. The van der Waals surface area contributed by atoms with Crippen molar-refractivity contribution in [1.29, 1.82) is 0 Å². The Hall–Kier alpha value is -0.620. The summed E-state index contributed by atoms with van der Waals surface area (Å²) < 4.78 is 24.9. The lowest BCUT2D eigenvalue weighted by molar-refractivity contribution is 0.486. The van der Waals surface area contributed by atoms with Crippen LogP contribution in [0, 0.1) is 6.92 Å². The molecule has 15 heavy (non-hydrogen) atoms. The molecule has 1 saturated heterocycles. The monoisotopic (exact) mass is 249 g/mol. The number of halogens is 1. The molecule has 2 atom stereocenters. The Bertz CT molecular complexity index is 463. The molecule has 0 bridgehead atoms. The predicted octanol–water partition coefficient (Wildman–Crippen LogP) is 0.988. The Labute approximate surface area is 93.4 Å². The van der Waals surface area contributed by atoms with Crippen molar-refractivity contribution < 1.29 is 8.42 Å². The summed E-state index contributed by atoms with van der Waals surface area (Å²) in [5, 5.41) is 7.41. The predicted molar refractivity (Wildman–Crippen MR) is 56.7 cm³/mol. The molecule has 1 aromatic rings. The number of nitrogens with zero attached hydrogens (tertiary/aromatic N) is 3. The van der Waals surface area contributed by atoms with Crippen molar-refractivity contribution in [2.75, 3.05) is 5.75 Å². The second-order valence-corrected chi connectivity index (χ2v) is 6.63. The summed E-state index contributed by atoms with van der Waals surface area (Å²) in [6, 6.07) is -0.127. The quantitative estimate of drug-likeness (QED) is 0.745. The van der Waals surface area contributed by atoms with Crippen LogP contribution < -0.4 is 0 Å². The number of hydrogen-bond donors (Lipinski definition) is 0. The molecule has 0 radical (unpaired) electrons. The second-order valence-electron chi connectivity index (χ2n) is 3.81. The van der Waals surface area contributed by atoms with Gasteiger partial charge in [0.05, 0.1) is 17.0 Å². The fraction of sp³-hybridized carbons (Fsp3) is 0.750. The maximum atomic E-state index is 11.6. The molecule has 1 aliphatic heterocycles. The molecule has 0 aliphatic carbocycles. The first-order valence-electron chi connectivity index (χ1n) is 4.72. The summed E-state index contributed by atoms with van der Waals surface area (Å²) in [4.78, 5) is 0. The highest BCUT2D eigenvalue weighted by Crippen LogP contribution is 2.33. The molecule has 1 aliphatic rings. The minimum Gasteiger partial charge on any atom is -0.298 e. The van der Waals surface area contributed by atoms with E-state index in [-0.39, 0.29) is 17.1 Å². The van der Waals surface area contributed by atoms with Gasteiger partial charge >= 0.3 is 0 Å². The van der Waals surface area contributed by atoms with Crippen molar-refractivity contribution >= 4 is 21.4 Å². The van der Waals surface area contributed by atoms with Gasteiger partial charge in [-0.15, -0.1) is 10.2 Å². The first-order valence-corrected chi connectivity index (χ1v) is 6.81. The molecule has 0 saturated carbocycles. The van der Waals surface area contributed by atoms with Gasteiger partial charge in [-0.1, -0.05) is 0 Å². The van der Waals surface area contributed by atoms with Crippen LogP contribution in [-0.2, 0) is 9.84 Å². The zero-order valence-corrected chi connectivity index (χ0v) is 10.1. The number of aryl methyl sites for hydroxylation is 1. The third-order valence-corrected chi connectivity index (χ3v) is 5.47. The van der Waals surface area contributed by atoms with Crippen molar-refractivity contribution in [1.82, 2.24) is 14.8 Å². The van der Waals surface area contributed by atoms with Gasteiger partial charge in [-0.05, 0) is 31.9 Å². The Morgan fingerprint density at radius 3 is 2.53 bits per heavy atom. The van der Waals surface area contributed by atoms with Crippen LogP contribution in [0.3, 0.4) is 0 Å². The maximum absolute atomic E-state index is 11.6. The van der Waals surface area contributed by atoms with Crippen LogP contribution in [0.4, 0.5) is 0 Å². The first-order chi connectivity index (χ1) is 6.93. The van der Waals surface area contributed by atoms with E-state index in [9.17, 15) is 8.42 Å². The van der Waals surface area contributed by atoms with Crippen LogP contribution in [0.15, 0.2) is 0 Å². The standard InChI is InChI=1S/C8H12ClN3O2S/c1-5-7(3-4-15(5,13)14)12-6(2)10-11-8(12)9/h5,7H,3-4H2,1-2H3. The van der Waals surface area contributed by atoms with Crippen LogP contribution >= 0.6 is 11.6 Å². The van der Waals surface area contributed by atoms with Gasteiger partial charge in [0.15, 0.2) is 9.84 Å². The normalized spacial score (nSPS) is 29.5. The highest BCUT2D eigenvalue weighted by molar-refractivity contribution is 7.92. The third-order valence-electron chi connectivity index (χ3n) is 2.96. The lowest BCUT2D eigenvalue weighted by Crippen LogP contribution is -2.22. The Morgan fingerprint density at radius 2 is 2.13 bits per heavy atom. The average Bonchev–Trinajstić information content (AvgIpc) is 2.59. The number of rotatable bonds is 1. The molecule has 2 heterocycles. The highest BCUT2D eigenvalue weighted by Gasteiger charge is 2.39. The first kappa shape index (κ1) is 10.9. The smallest absolute Gasteiger partial charge is 0.225 e. The summed E-state index contributed by atoms with van der Waals surface area (Å²) in [5.74, 6) is 0.876. The van der Waals surface area contributed by atoms with E-state index in [1.54, 1.807) is 18.4 Å². The Balaban J connectivity index is 2.43. The summed E-state index contributed by atoms with van der Waals surface area (Å²) in [6.07, 6.45) is 0.585. The molecule has 1 aromatic heterocycles. The molecule has 0 N–H and O–H groups in total. The van der Waals surface area contributed by atoms with Gasteiger partial charge in [0.1, 0.15) is 5.82 Å². The van der Waals surface area contributed by atoms with Crippen LogP contribution in [0.25, 0.3) is 0 Å². The molecule has 7 heteroatoms. The topological polar surface area (TPSA) is 64.8 Å². The maximum Gasteiger partial charge on any atom is 0.225 e. The zero-order valence-electron chi connectivity index (χ0n) is 8.51. The highest BCUT2D eigenvalue weighted by atomic mass is 35.5. The van der Waals surface area contributed by atoms with Crippen LogP contribution in [0.2, 0.25) is 5.28 Å². The van der Waals surface area contributed by atoms with Crippen molar-refractivity contribution in [3.05, 3.63) is 11.1 Å². The summed E-state index contributed by atoms with van der Waals surface area (Å²) in [7, 11) is -2.97. The molecular formula is C8H12ClN3O2S. The minimum absolute atomic E-state index is 0.127. The molecule has 2 unspecified atom stereocenters.